The molecule has 134 valence electrons. The lowest BCUT2D eigenvalue weighted by Crippen LogP contribution is -2.37. The third-order valence-electron chi connectivity index (χ3n) is 3.54. The van der Waals surface area contributed by atoms with E-state index in [0.29, 0.717) is 6.42 Å². The highest BCUT2D eigenvalue weighted by Gasteiger charge is 2.22. The van der Waals surface area contributed by atoms with Crippen molar-refractivity contribution in [3.05, 3.63) is 35.4 Å². The largest absolute Gasteiger partial charge is 0.481 e. The summed E-state index contributed by atoms with van der Waals surface area (Å²) in [6.45, 7) is 11.7. The first-order valence-electron chi connectivity index (χ1n) is 8.17. The fourth-order valence-corrected chi connectivity index (χ4v) is 2.19. The van der Waals surface area contributed by atoms with Crippen molar-refractivity contribution < 1.29 is 19.4 Å². The van der Waals surface area contributed by atoms with Gasteiger partial charge in [0.25, 0.3) is 0 Å². The minimum absolute atomic E-state index is 0.0330. The molecule has 0 aliphatic rings. The summed E-state index contributed by atoms with van der Waals surface area (Å²) in [6.07, 6.45) is -0.243. The molecule has 1 aromatic rings. The third-order valence-corrected chi connectivity index (χ3v) is 3.54. The highest BCUT2D eigenvalue weighted by molar-refractivity contribution is 5.73. The first-order valence-corrected chi connectivity index (χ1v) is 8.17. The average molecular weight is 335 g/mol. The maximum absolute atomic E-state index is 11.7. The van der Waals surface area contributed by atoms with Crippen molar-refractivity contribution in [2.75, 3.05) is 6.54 Å². The fraction of sp³-hybridized carbons (Fsp3) is 0.579. The van der Waals surface area contributed by atoms with Crippen LogP contribution < -0.4 is 5.32 Å². The summed E-state index contributed by atoms with van der Waals surface area (Å²) in [4.78, 5) is 23.1. The zero-order chi connectivity index (χ0) is 18.5. The summed E-state index contributed by atoms with van der Waals surface area (Å²) < 4.78 is 5.13. The molecule has 0 unspecified atom stereocenters. The number of benzene rings is 1. The number of hydrogen-bond donors (Lipinski definition) is 2. The third kappa shape index (κ3) is 7.02. The zero-order valence-corrected chi connectivity index (χ0v) is 15.5. The highest BCUT2D eigenvalue weighted by atomic mass is 16.6. The molecular weight excluding hydrogens is 306 g/mol. The SMILES string of the molecule is CC(C)(C)OC(=O)NC[C@H](Cc1ccc(C(C)(C)C)cc1)C(=O)O. The number of rotatable bonds is 5. The average Bonchev–Trinajstić information content (AvgIpc) is 2.40. The number of carbonyl (C=O) groups excluding carboxylic acids is 1. The van der Waals surface area contributed by atoms with Crippen molar-refractivity contribution in [2.24, 2.45) is 5.92 Å². The van der Waals surface area contributed by atoms with Crippen LogP contribution in [0, 0.1) is 5.92 Å². The molecule has 0 aliphatic carbocycles. The number of alkyl carbamates (subject to hydrolysis) is 1. The van der Waals surface area contributed by atoms with Crippen LogP contribution in [-0.2, 0) is 21.4 Å². The molecule has 1 rings (SSSR count). The Labute approximate surface area is 144 Å². The summed E-state index contributed by atoms with van der Waals surface area (Å²) in [5, 5.41) is 11.9. The van der Waals surface area contributed by atoms with E-state index in [1.807, 2.05) is 24.3 Å². The van der Waals surface area contributed by atoms with E-state index in [2.05, 4.69) is 26.1 Å². The second-order valence-electron chi connectivity index (χ2n) is 8.07. The molecule has 5 heteroatoms. The van der Waals surface area contributed by atoms with E-state index in [1.165, 1.54) is 5.56 Å². The number of carbonyl (C=O) groups is 2. The molecule has 1 amide bonds. The van der Waals surface area contributed by atoms with Gasteiger partial charge in [-0.15, -0.1) is 0 Å². The molecule has 2 N–H and O–H groups in total. The van der Waals surface area contributed by atoms with Gasteiger partial charge in [0.1, 0.15) is 5.60 Å². The van der Waals surface area contributed by atoms with Gasteiger partial charge < -0.3 is 15.2 Å². The maximum atomic E-state index is 11.7. The molecular formula is C19H29NO4. The van der Waals surface area contributed by atoms with E-state index in [9.17, 15) is 14.7 Å². The van der Waals surface area contributed by atoms with Crippen molar-refractivity contribution in [1.29, 1.82) is 0 Å². The van der Waals surface area contributed by atoms with Crippen LogP contribution in [0.5, 0.6) is 0 Å². The van der Waals surface area contributed by atoms with Gasteiger partial charge in [-0.2, -0.15) is 0 Å². The van der Waals surface area contributed by atoms with Crippen LogP contribution in [-0.4, -0.2) is 29.3 Å². The van der Waals surface area contributed by atoms with Crippen molar-refractivity contribution in [1.82, 2.24) is 5.32 Å². The summed E-state index contributed by atoms with van der Waals surface area (Å²) in [6, 6.07) is 7.94. The van der Waals surface area contributed by atoms with Gasteiger partial charge in [-0.3, -0.25) is 4.79 Å². The monoisotopic (exact) mass is 335 g/mol. The number of nitrogens with one attached hydrogen (secondary N) is 1. The van der Waals surface area contributed by atoms with Crippen molar-refractivity contribution in [3.63, 3.8) is 0 Å². The number of carboxylic acids is 1. The van der Waals surface area contributed by atoms with Crippen LogP contribution in [0.15, 0.2) is 24.3 Å². The van der Waals surface area contributed by atoms with Gasteiger partial charge in [0, 0.05) is 6.54 Å². The Morgan fingerprint density at radius 1 is 1.08 bits per heavy atom. The normalized spacial score (nSPS) is 13.2. The van der Waals surface area contributed by atoms with Gasteiger partial charge in [-0.25, -0.2) is 4.79 Å². The maximum Gasteiger partial charge on any atom is 0.407 e. The molecule has 0 aromatic heterocycles. The number of hydrogen-bond acceptors (Lipinski definition) is 3. The van der Waals surface area contributed by atoms with Crippen LogP contribution in [0.1, 0.15) is 52.7 Å². The fourth-order valence-electron chi connectivity index (χ4n) is 2.19. The number of amides is 1. The molecule has 0 heterocycles. The van der Waals surface area contributed by atoms with Gasteiger partial charge in [-0.1, -0.05) is 45.0 Å². The Hall–Kier alpha value is -2.04. The number of carboxylic acid groups (broad SMARTS) is 1. The second-order valence-corrected chi connectivity index (χ2v) is 8.07. The zero-order valence-electron chi connectivity index (χ0n) is 15.5. The van der Waals surface area contributed by atoms with Gasteiger partial charge >= 0.3 is 12.1 Å². The van der Waals surface area contributed by atoms with Crippen LogP contribution in [0.3, 0.4) is 0 Å². The summed E-state index contributed by atoms with van der Waals surface area (Å²) >= 11 is 0. The molecule has 0 aliphatic heterocycles. The predicted molar refractivity (Wildman–Crippen MR) is 94.2 cm³/mol. The van der Waals surface area contributed by atoms with Gasteiger partial charge in [0.05, 0.1) is 5.92 Å². The molecule has 1 atom stereocenters. The lowest BCUT2D eigenvalue weighted by Gasteiger charge is -2.21. The molecule has 0 radical (unpaired) electrons. The van der Waals surface area contributed by atoms with E-state index in [1.54, 1.807) is 20.8 Å². The lowest BCUT2D eigenvalue weighted by atomic mass is 9.86. The molecule has 0 bridgehead atoms. The molecule has 0 fully saturated rings. The van der Waals surface area contributed by atoms with E-state index < -0.39 is 23.6 Å². The van der Waals surface area contributed by atoms with Gasteiger partial charge in [0.2, 0.25) is 0 Å². The minimum Gasteiger partial charge on any atom is -0.481 e. The standard InChI is InChI=1S/C19H29NO4/c1-18(2,3)15-9-7-13(8-10-15)11-14(16(21)22)12-20-17(23)24-19(4,5)6/h7-10,14H,11-12H2,1-6H3,(H,20,23)(H,21,22)/t14-/m0/s1. The van der Waals surface area contributed by atoms with Crippen LogP contribution in [0.4, 0.5) is 4.79 Å². The smallest absolute Gasteiger partial charge is 0.407 e. The Kier molecular flexibility index (Phi) is 6.41. The van der Waals surface area contributed by atoms with E-state index in [-0.39, 0.29) is 12.0 Å². The summed E-state index contributed by atoms with van der Waals surface area (Å²) in [5.41, 5.74) is 1.58. The summed E-state index contributed by atoms with van der Waals surface area (Å²) in [7, 11) is 0. The van der Waals surface area contributed by atoms with Crippen LogP contribution in [0.25, 0.3) is 0 Å². The van der Waals surface area contributed by atoms with Crippen LogP contribution >= 0.6 is 0 Å². The Morgan fingerprint density at radius 3 is 2.04 bits per heavy atom. The van der Waals surface area contributed by atoms with Crippen molar-refractivity contribution in [2.45, 2.75) is 59.0 Å². The molecule has 0 spiro atoms. The van der Waals surface area contributed by atoms with E-state index in [4.69, 9.17) is 4.74 Å². The van der Waals surface area contributed by atoms with Crippen molar-refractivity contribution in [3.8, 4) is 0 Å². The topological polar surface area (TPSA) is 75.6 Å². The Bertz CT molecular complexity index is 565. The van der Waals surface area contributed by atoms with E-state index >= 15 is 0 Å². The second kappa shape index (κ2) is 7.69. The van der Waals surface area contributed by atoms with Gasteiger partial charge in [0.15, 0.2) is 0 Å². The summed E-state index contributed by atoms with van der Waals surface area (Å²) in [5.74, 6) is -1.64. The predicted octanol–water partition coefficient (Wildman–Crippen LogP) is 3.75. The minimum atomic E-state index is -0.939. The van der Waals surface area contributed by atoms with Gasteiger partial charge in [-0.05, 0) is 43.7 Å². The first kappa shape index (κ1) is 20.0. The van der Waals surface area contributed by atoms with Crippen molar-refractivity contribution >= 4 is 12.1 Å². The van der Waals surface area contributed by atoms with E-state index in [0.717, 1.165) is 5.56 Å². The molecule has 0 saturated heterocycles. The first-order chi connectivity index (χ1) is 10.9. The lowest BCUT2D eigenvalue weighted by molar-refractivity contribution is -0.141. The van der Waals surface area contributed by atoms with Crippen LogP contribution in [0.2, 0.25) is 0 Å². The molecule has 1 aromatic carbocycles. The number of ether oxygens (including phenoxy) is 1. The quantitative estimate of drug-likeness (QED) is 0.859. The Balaban J connectivity index is 2.67. The number of aliphatic carboxylic acids is 1. The Morgan fingerprint density at radius 2 is 1.62 bits per heavy atom. The molecule has 5 nitrogen and oxygen atoms in total. The highest BCUT2D eigenvalue weighted by Crippen LogP contribution is 2.23. The molecule has 24 heavy (non-hydrogen) atoms. The molecule has 0 saturated carbocycles.